The predicted molar refractivity (Wildman–Crippen MR) is 77.8 cm³/mol. The highest BCUT2D eigenvalue weighted by atomic mass is 32.2. The van der Waals surface area contributed by atoms with Crippen molar-refractivity contribution in [2.45, 2.75) is 24.2 Å². The number of hydrogen-bond donors (Lipinski definition) is 1. The second kappa shape index (κ2) is 6.35. The number of nitrogens with zero attached hydrogens (tertiary/aromatic N) is 3. The molecular weight excluding hydrogens is 310 g/mol. The molecule has 124 valence electrons. The summed E-state index contributed by atoms with van der Waals surface area (Å²) in [5, 5.41) is 13.5. The fourth-order valence-corrected chi connectivity index (χ4v) is 4.31. The number of methoxy groups -OCH3 is 1. The maximum atomic E-state index is 12.6. The molecule has 0 amide bonds. The van der Waals surface area contributed by atoms with E-state index in [1.165, 1.54) is 28.5 Å². The zero-order valence-corrected chi connectivity index (χ0v) is 13.5. The standard InChI is InChI=1S/C13H21N3O5S/c1-15-9-11(8-14-15)22(19,20)16-6-3-4-13(10-16,12(17)18)5-7-21-2/h8-9H,3-7,10H2,1-2H3,(H,17,18)/t13-/m0/s1. The van der Waals surface area contributed by atoms with E-state index in [-0.39, 0.29) is 24.5 Å². The second-order valence-electron chi connectivity index (χ2n) is 5.62. The van der Waals surface area contributed by atoms with Gasteiger partial charge in [-0.05, 0) is 19.3 Å². The average Bonchev–Trinajstić information content (AvgIpc) is 2.92. The molecule has 1 aromatic heterocycles. The normalized spacial score (nSPS) is 23.5. The summed E-state index contributed by atoms with van der Waals surface area (Å²) in [5.74, 6) is -0.976. The summed E-state index contributed by atoms with van der Waals surface area (Å²) < 4.78 is 32.9. The number of rotatable bonds is 6. The van der Waals surface area contributed by atoms with Gasteiger partial charge in [0, 0.05) is 40.1 Å². The summed E-state index contributed by atoms with van der Waals surface area (Å²) in [5.41, 5.74) is -1.09. The number of aryl methyl sites for hydroxylation is 1. The minimum Gasteiger partial charge on any atom is -0.481 e. The van der Waals surface area contributed by atoms with E-state index in [4.69, 9.17) is 4.74 Å². The topological polar surface area (TPSA) is 102 Å². The average molecular weight is 331 g/mol. The Morgan fingerprint density at radius 2 is 2.27 bits per heavy atom. The van der Waals surface area contributed by atoms with E-state index in [1.54, 1.807) is 7.05 Å². The SMILES string of the molecule is COCC[C@@]1(C(=O)O)CCCN(S(=O)(=O)c2cnn(C)c2)C1. The highest BCUT2D eigenvalue weighted by molar-refractivity contribution is 7.89. The molecule has 1 saturated heterocycles. The lowest BCUT2D eigenvalue weighted by atomic mass is 9.78. The van der Waals surface area contributed by atoms with E-state index in [0.29, 0.717) is 19.4 Å². The van der Waals surface area contributed by atoms with Crippen molar-refractivity contribution in [2.75, 3.05) is 26.8 Å². The summed E-state index contributed by atoms with van der Waals surface area (Å²) in [6, 6.07) is 0. The van der Waals surface area contributed by atoms with Crippen LogP contribution in [0.25, 0.3) is 0 Å². The van der Waals surface area contributed by atoms with E-state index in [0.717, 1.165) is 0 Å². The van der Waals surface area contributed by atoms with Crippen LogP contribution in [0.1, 0.15) is 19.3 Å². The van der Waals surface area contributed by atoms with Gasteiger partial charge in [0.25, 0.3) is 0 Å². The summed E-state index contributed by atoms with van der Waals surface area (Å²) in [6.45, 7) is 0.565. The summed E-state index contributed by atoms with van der Waals surface area (Å²) in [4.78, 5) is 11.8. The molecule has 1 N–H and O–H groups in total. The molecule has 1 aliphatic rings. The van der Waals surface area contributed by atoms with E-state index < -0.39 is 21.4 Å². The van der Waals surface area contributed by atoms with E-state index in [9.17, 15) is 18.3 Å². The van der Waals surface area contributed by atoms with Crippen molar-refractivity contribution in [1.29, 1.82) is 0 Å². The van der Waals surface area contributed by atoms with Gasteiger partial charge >= 0.3 is 5.97 Å². The first kappa shape index (κ1) is 16.9. The lowest BCUT2D eigenvalue weighted by molar-refractivity contribution is -0.152. The Hall–Kier alpha value is -1.45. The minimum absolute atomic E-state index is 0.0388. The first-order valence-corrected chi connectivity index (χ1v) is 8.47. The number of carbonyl (C=O) groups is 1. The number of aliphatic carboxylic acids is 1. The lowest BCUT2D eigenvalue weighted by Crippen LogP contribution is -2.50. The van der Waals surface area contributed by atoms with Crippen molar-refractivity contribution < 1.29 is 23.1 Å². The molecule has 1 atom stereocenters. The number of carboxylic acids is 1. The highest BCUT2D eigenvalue weighted by Gasteiger charge is 2.45. The monoisotopic (exact) mass is 331 g/mol. The van der Waals surface area contributed by atoms with Gasteiger partial charge in [-0.1, -0.05) is 0 Å². The van der Waals surface area contributed by atoms with Crippen LogP contribution in [0.3, 0.4) is 0 Å². The summed E-state index contributed by atoms with van der Waals surface area (Å²) in [6.07, 6.45) is 3.95. The van der Waals surface area contributed by atoms with Gasteiger partial charge in [-0.15, -0.1) is 0 Å². The van der Waals surface area contributed by atoms with E-state index >= 15 is 0 Å². The first-order chi connectivity index (χ1) is 10.3. The van der Waals surface area contributed by atoms with E-state index in [1.807, 2.05) is 0 Å². The molecule has 0 unspecified atom stereocenters. The Morgan fingerprint density at radius 3 is 2.82 bits per heavy atom. The van der Waals surface area contributed by atoms with Crippen LogP contribution in [0.2, 0.25) is 0 Å². The Kier molecular flexibility index (Phi) is 4.88. The van der Waals surface area contributed by atoms with Crippen molar-refractivity contribution in [2.24, 2.45) is 12.5 Å². The van der Waals surface area contributed by atoms with Crippen LogP contribution >= 0.6 is 0 Å². The molecule has 2 rings (SSSR count). The molecule has 1 fully saturated rings. The Morgan fingerprint density at radius 1 is 1.55 bits per heavy atom. The lowest BCUT2D eigenvalue weighted by Gasteiger charge is -2.38. The molecule has 9 heteroatoms. The predicted octanol–water partition coefficient (Wildman–Crippen LogP) is 0.312. The molecule has 0 aliphatic carbocycles. The number of aromatic nitrogens is 2. The maximum Gasteiger partial charge on any atom is 0.311 e. The smallest absolute Gasteiger partial charge is 0.311 e. The zero-order valence-electron chi connectivity index (χ0n) is 12.7. The number of piperidine rings is 1. The Labute approximate surface area is 129 Å². The molecule has 1 aliphatic heterocycles. The molecule has 0 saturated carbocycles. The third kappa shape index (κ3) is 3.16. The molecule has 0 aromatic carbocycles. The fourth-order valence-electron chi connectivity index (χ4n) is 2.76. The van der Waals surface area contributed by atoms with Gasteiger partial charge in [-0.3, -0.25) is 9.48 Å². The quantitative estimate of drug-likeness (QED) is 0.805. The van der Waals surface area contributed by atoms with Gasteiger partial charge in [0.1, 0.15) is 4.90 Å². The van der Waals surface area contributed by atoms with Crippen LogP contribution in [0.5, 0.6) is 0 Å². The Balaban J connectivity index is 2.27. The molecule has 0 radical (unpaired) electrons. The zero-order chi connectivity index (χ0) is 16.4. The number of sulfonamides is 1. The van der Waals surface area contributed by atoms with Crippen molar-refractivity contribution in [3.63, 3.8) is 0 Å². The molecule has 8 nitrogen and oxygen atoms in total. The molecule has 0 spiro atoms. The molecular formula is C13H21N3O5S. The van der Waals surface area contributed by atoms with Crippen molar-refractivity contribution >= 4 is 16.0 Å². The van der Waals surface area contributed by atoms with Gasteiger partial charge in [0.05, 0.1) is 11.6 Å². The first-order valence-electron chi connectivity index (χ1n) is 7.03. The molecule has 0 bridgehead atoms. The summed E-state index contributed by atoms with van der Waals surface area (Å²) in [7, 11) is -0.588. The minimum atomic E-state index is -3.72. The van der Waals surface area contributed by atoms with Gasteiger partial charge in [-0.2, -0.15) is 9.40 Å². The Bertz CT molecular complexity index is 642. The highest BCUT2D eigenvalue weighted by Crippen LogP contribution is 2.36. The number of ether oxygens (including phenoxy) is 1. The third-order valence-corrected chi connectivity index (χ3v) is 5.90. The molecule has 1 aromatic rings. The molecule has 22 heavy (non-hydrogen) atoms. The second-order valence-corrected chi connectivity index (χ2v) is 7.56. The van der Waals surface area contributed by atoms with Gasteiger partial charge in [-0.25, -0.2) is 8.42 Å². The van der Waals surface area contributed by atoms with Crippen LogP contribution in [0.15, 0.2) is 17.3 Å². The van der Waals surface area contributed by atoms with Gasteiger partial charge in [0.15, 0.2) is 0 Å². The van der Waals surface area contributed by atoms with Crippen LogP contribution in [0, 0.1) is 5.41 Å². The number of hydrogen-bond acceptors (Lipinski definition) is 5. The molecule has 2 heterocycles. The summed E-state index contributed by atoms with van der Waals surface area (Å²) >= 11 is 0. The van der Waals surface area contributed by atoms with Crippen molar-refractivity contribution in [3.05, 3.63) is 12.4 Å². The van der Waals surface area contributed by atoms with Crippen LogP contribution in [-0.4, -0.2) is 60.4 Å². The van der Waals surface area contributed by atoms with E-state index in [2.05, 4.69) is 5.10 Å². The fraction of sp³-hybridized carbons (Fsp3) is 0.692. The van der Waals surface area contributed by atoms with Crippen molar-refractivity contribution in [1.82, 2.24) is 14.1 Å². The van der Waals surface area contributed by atoms with Gasteiger partial charge in [0.2, 0.25) is 10.0 Å². The van der Waals surface area contributed by atoms with Crippen molar-refractivity contribution in [3.8, 4) is 0 Å². The van der Waals surface area contributed by atoms with Gasteiger partial charge < -0.3 is 9.84 Å². The van der Waals surface area contributed by atoms with Crippen LogP contribution in [-0.2, 0) is 26.6 Å². The maximum absolute atomic E-state index is 12.6. The largest absolute Gasteiger partial charge is 0.481 e. The van der Waals surface area contributed by atoms with Crippen LogP contribution in [0.4, 0.5) is 0 Å². The number of carboxylic acid groups (broad SMARTS) is 1. The third-order valence-electron chi connectivity index (χ3n) is 4.10. The van der Waals surface area contributed by atoms with Crippen LogP contribution < -0.4 is 0 Å².